The fraction of sp³-hybridized carbons (Fsp3) is 0.381. The van der Waals surface area contributed by atoms with Gasteiger partial charge in [0.25, 0.3) is 0 Å². The topological polar surface area (TPSA) is 48.9 Å². The van der Waals surface area contributed by atoms with Crippen LogP contribution < -0.4 is 10.6 Å². The summed E-state index contributed by atoms with van der Waals surface area (Å²) in [6.45, 7) is 5.79. The Morgan fingerprint density at radius 2 is 1.67 bits per heavy atom. The molecule has 0 bridgehead atoms. The maximum atomic E-state index is 13.0. The lowest BCUT2D eigenvalue weighted by atomic mass is 10.1. The van der Waals surface area contributed by atoms with Crippen molar-refractivity contribution in [1.82, 2.24) is 15.5 Å². The standard InChI is InChI=1S/C21H27FN4O/c1-23-21(24-14-17-6-8-20(22)9-7-17)25-15-18-4-2-3-5-19(18)16-26-10-12-27-13-11-26/h2-9H,10-16H2,1H3,(H2,23,24,25). The van der Waals surface area contributed by atoms with Gasteiger partial charge in [0.15, 0.2) is 5.96 Å². The average molecular weight is 370 g/mol. The molecule has 1 saturated heterocycles. The van der Waals surface area contributed by atoms with Gasteiger partial charge in [-0.3, -0.25) is 9.89 Å². The molecule has 0 atom stereocenters. The first-order valence-corrected chi connectivity index (χ1v) is 9.30. The van der Waals surface area contributed by atoms with Crippen LogP contribution in [0.5, 0.6) is 0 Å². The Bertz CT molecular complexity index is 742. The number of guanidine groups is 1. The van der Waals surface area contributed by atoms with Gasteiger partial charge in [-0.25, -0.2) is 4.39 Å². The first-order chi connectivity index (χ1) is 13.2. The normalized spacial score (nSPS) is 15.6. The van der Waals surface area contributed by atoms with E-state index < -0.39 is 0 Å². The Labute approximate surface area is 160 Å². The Hall–Kier alpha value is -2.44. The minimum Gasteiger partial charge on any atom is -0.379 e. The van der Waals surface area contributed by atoms with Crippen molar-refractivity contribution in [3.8, 4) is 0 Å². The number of rotatable bonds is 6. The predicted octanol–water partition coefficient (Wildman–Crippen LogP) is 2.52. The molecule has 2 aromatic carbocycles. The molecule has 2 N–H and O–H groups in total. The summed E-state index contributed by atoms with van der Waals surface area (Å²) in [4.78, 5) is 6.70. The van der Waals surface area contributed by atoms with Crippen molar-refractivity contribution in [3.63, 3.8) is 0 Å². The number of ether oxygens (including phenoxy) is 1. The number of hydrogen-bond acceptors (Lipinski definition) is 3. The number of hydrogen-bond donors (Lipinski definition) is 2. The second-order valence-corrected chi connectivity index (χ2v) is 6.56. The fourth-order valence-corrected chi connectivity index (χ4v) is 3.07. The van der Waals surface area contributed by atoms with E-state index in [0.29, 0.717) is 13.1 Å². The Morgan fingerprint density at radius 1 is 1.00 bits per heavy atom. The van der Waals surface area contributed by atoms with E-state index >= 15 is 0 Å². The van der Waals surface area contributed by atoms with E-state index in [9.17, 15) is 4.39 Å². The third kappa shape index (κ3) is 6.05. The minimum atomic E-state index is -0.224. The quantitative estimate of drug-likeness (QED) is 0.606. The summed E-state index contributed by atoms with van der Waals surface area (Å²) in [6, 6.07) is 15.0. The van der Waals surface area contributed by atoms with Crippen LogP contribution in [0.2, 0.25) is 0 Å². The molecule has 0 aromatic heterocycles. The molecule has 0 aliphatic carbocycles. The highest BCUT2D eigenvalue weighted by atomic mass is 19.1. The summed E-state index contributed by atoms with van der Waals surface area (Å²) in [6.07, 6.45) is 0. The zero-order valence-corrected chi connectivity index (χ0v) is 15.7. The van der Waals surface area contributed by atoms with E-state index in [2.05, 4.69) is 44.8 Å². The highest BCUT2D eigenvalue weighted by molar-refractivity contribution is 5.79. The molecule has 2 aromatic rings. The summed E-state index contributed by atoms with van der Waals surface area (Å²) in [5, 5.41) is 6.63. The lowest BCUT2D eigenvalue weighted by Gasteiger charge is -2.27. The maximum Gasteiger partial charge on any atom is 0.191 e. The van der Waals surface area contributed by atoms with Gasteiger partial charge in [-0.2, -0.15) is 0 Å². The van der Waals surface area contributed by atoms with Gasteiger partial charge in [0.1, 0.15) is 5.82 Å². The van der Waals surface area contributed by atoms with Gasteiger partial charge in [-0.1, -0.05) is 36.4 Å². The molecule has 3 rings (SSSR count). The number of morpholine rings is 1. The van der Waals surface area contributed by atoms with Gasteiger partial charge in [0.2, 0.25) is 0 Å². The van der Waals surface area contributed by atoms with Crippen LogP contribution in [0.15, 0.2) is 53.5 Å². The highest BCUT2D eigenvalue weighted by Gasteiger charge is 2.12. The second-order valence-electron chi connectivity index (χ2n) is 6.56. The second kappa shape index (κ2) is 10.0. The highest BCUT2D eigenvalue weighted by Crippen LogP contribution is 2.13. The third-order valence-corrected chi connectivity index (χ3v) is 4.66. The van der Waals surface area contributed by atoms with E-state index in [-0.39, 0.29) is 5.82 Å². The van der Waals surface area contributed by atoms with Crippen LogP contribution in [0.25, 0.3) is 0 Å². The molecular formula is C21H27FN4O. The van der Waals surface area contributed by atoms with Crippen molar-refractivity contribution in [1.29, 1.82) is 0 Å². The minimum absolute atomic E-state index is 0.224. The van der Waals surface area contributed by atoms with Crippen LogP contribution in [-0.2, 0) is 24.4 Å². The van der Waals surface area contributed by atoms with Crippen molar-refractivity contribution in [3.05, 3.63) is 71.0 Å². The van der Waals surface area contributed by atoms with E-state index in [0.717, 1.165) is 44.4 Å². The van der Waals surface area contributed by atoms with Crippen LogP contribution in [0.1, 0.15) is 16.7 Å². The molecule has 1 heterocycles. The predicted molar refractivity (Wildman–Crippen MR) is 106 cm³/mol. The first kappa shape index (κ1) is 19.3. The molecule has 1 aliphatic heterocycles. The molecule has 1 fully saturated rings. The average Bonchev–Trinajstić information content (AvgIpc) is 2.71. The number of nitrogens with one attached hydrogen (secondary N) is 2. The summed E-state index contributed by atoms with van der Waals surface area (Å²) >= 11 is 0. The van der Waals surface area contributed by atoms with Crippen molar-refractivity contribution >= 4 is 5.96 Å². The van der Waals surface area contributed by atoms with Gasteiger partial charge in [0.05, 0.1) is 13.2 Å². The van der Waals surface area contributed by atoms with Gasteiger partial charge in [-0.15, -0.1) is 0 Å². The van der Waals surface area contributed by atoms with E-state index in [1.165, 1.54) is 23.3 Å². The number of benzene rings is 2. The summed E-state index contributed by atoms with van der Waals surface area (Å²) in [7, 11) is 1.75. The molecular weight excluding hydrogens is 343 g/mol. The molecule has 0 spiro atoms. The lowest BCUT2D eigenvalue weighted by Crippen LogP contribution is -2.37. The van der Waals surface area contributed by atoms with E-state index in [1.54, 1.807) is 19.2 Å². The number of nitrogens with zero attached hydrogens (tertiary/aromatic N) is 2. The molecule has 0 unspecified atom stereocenters. The van der Waals surface area contributed by atoms with Gasteiger partial charge < -0.3 is 15.4 Å². The lowest BCUT2D eigenvalue weighted by molar-refractivity contribution is 0.0341. The maximum absolute atomic E-state index is 13.0. The zero-order chi connectivity index (χ0) is 18.9. The monoisotopic (exact) mass is 370 g/mol. The fourth-order valence-electron chi connectivity index (χ4n) is 3.07. The Morgan fingerprint density at radius 3 is 2.37 bits per heavy atom. The summed E-state index contributed by atoms with van der Waals surface area (Å²) in [5.41, 5.74) is 3.58. The Kier molecular flexibility index (Phi) is 7.19. The van der Waals surface area contributed by atoms with E-state index in [4.69, 9.17) is 4.74 Å². The molecule has 0 radical (unpaired) electrons. The van der Waals surface area contributed by atoms with Crippen LogP contribution in [-0.4, -0.2) is 44.2 Å². The van der Waals surface area contributed by atoms with Crippen LogP contribution in [0.4, 0.5) is 4.39 Å². The first-order valence-electron chi connectivity index (χ1n) is 9.30. The summed E-state index contributed by atoms with van der Waals surface area (Å²) < 4.78 is 18.4. The van der Waals surface area contributed by atoms with Gasteiger partial charge in [-0.05, 0) is 28.8 Å². The molecule has 1 aliphatic rings. The number of halogens is 1. The van der Waals surface area contributed by atoms with Gasteiger partial charge in [0, 0.05) is 39.8 Å². The van der Waals surface area contributed by atoms with Crippen LogP contribution in [0.3, 0.4) is 0 Å². The molecule has 144 valence electrons. The third-order valence-electron chi connectivity index (χ3n) is 4.66. The number of aliphatic imine (C=N–C) groups is 1. The SMILES string of the molecule is CN=C(NCc1ccc(F)cc1)NCc1ccccc1CN1CCOCC1. The van der Waals surface area contributed by atoms with Crippen molar-refractivity contribution in [2.45, 2.75) is 19.6 Å². The van der Waals surface area contributed by atoms with Crippen molar-refractivity contribution < 1.29 is 9.13 Å². The molecule has 6 heteroatoms. The molecule has 27 heavy (non-hydrogen) atoms. The van der Waals surface area contributed by atoms with Crippen LogP contribution in [0, 0.1) is 5.82 Å². The molecule has 0 amide bonds. The van der Waals surface area contributed by atoms with E-state index in [1.807, 2.05) is 0 Å². The molecule has 0 saturated carbocycles. The Balaban J connectivity index is 1.54. The largest absolute Gasteiger partial charge is 0.379 e. The van der Waals surface area contributed by atoms with Crippen molar-refractivity contribution in [2.75, 3.05) is 33.4 Å². The summed E-state index contributed by atoms with van der Waals surface area (Å²) in [5.74, 6) is 0.499. The van der Waals surface area contributed by atoms with Crippen molar-refractivity contribution in [2.24, 2.45) is 4.99 Å². The van der Waals surface area contributed by atoms with Gasteiger partial charge >= 0.3 is 0 Å². The molecule has 5 nitrogen and oxygen atoms in total. The zero-order valence-electron chi connectivity index (χ0n) is 15.7. The smallest absolute Gasteiger partial charge is 0.191 e. The van der Waals surface area contributed by atoms with Crippen LogP contribution >= 0.6 is 0 Å².